The van der Waals surface area contributed by atoms with Gasteiger partial charge in [-0.05, 0) is 28.2 Å². The lowest BCUT2D eigenvalue weighted by atomic mass is 10.1. The van der Waals surface area contributed by atoms with E-state index in [9.17, 15) is 13.6 Å². The number of hydrogen-bond acceptors (Lipinski definition) is 3. The van der Waals surface area contributed by atoms with Crippen molar-refractivity contribution in [2.75, 3.05) is 7.11 Å². The van der Waals surface area contributed by atoms with Crippen LogP contribution in [0.4, 0.5) is 8.78 Å². The molecule has 1 aromatic heterocycles. The molecule has 1 aromatic rings. The lowest BCUT2D eigenvalue weighted by Gasteiger charge is -2.12. The van der Waals surface area contributed by atoms with Crippen molar-refractivity contribution in [1.29, 1.82) is 0 Å². The maximum atomic E-state index is 12.9. The zero-order valence-electron chi connectivity index (χ0n) is 8.14. The first-order valence-electron chi connectivity index (χ1n) is 4.12. The van der Waals surface area contributed by atoms with E-state index in [0.29, 0.717) is 0 Å². The summed E-state index contributed by atoms with van der Waals surface area (Å²) >= 11 is 4.81. The molecule has 3 nitrogen and oxygen atoms in total. The Kier molecular flexibility index (Phi) is 5.03. The minimum atomic E-state index is -2.74. The minimum Gasteiger partial charge on any atom is -0.465 e. The number of carbonyl (C=O) groups is 1. The summed E-state index contributed by atoms with van der Waals surface area (Å²) in [7, 11) is 1.15. The first-order valence-corrected chi connectivity index (χ1v) is 6.32. The van der Waals surface area contributed by atoms with Gasteiger partial charge < -0.3 is 4.74 Å². The van der Waals surface area contributed by atoms with E-state index >= 15 is 0 Å². The Bertz CT molecular complexity index is 415. The second kappa shape index (κ2) is 5.85. The van der Waals surface area contributed by atoms with Crippen molar-refractivity contribution in [2.24, 2.45) is 0 Å². The fraction of sp³-hybridized carbons (Fsp3) is 0.333. The molecule has 0 N–H and O–H groups in total. The van der Waals surface area contributed by atoms with Crippen LogP contribution in [0.2, 0.25) is 0 Å². The molecule has 1 heterocycles. The molecule has 88 valence electrons. The van der Waals surface area contributed by atoms with E-state index in [-0.39, 0.29) is 25.7 Å². The number of esters is 1. The Morgan fingerprint density at radius 2 is 2.31 bits per heavy atom. The zero-order chi connectivity index (χ0) is 12.3. The molecule has 0 aromatic carbocycles. The van der Waals surface area contributed by atoms with Crippen LogP contribution in [0.5, 0.6) is 0 Å². The first kappa shape index (κ1) is 13.8. The van der Waals surface area contributed by atoms with Crippen LogP contribution in [0, 0.1) is 3.70 Å². The van der Waals surface area contributed by atoms with Crippen LogP contribution >= 0.6 is 38.5 Å². The molecular formula is C9H7BrF2INO2. The predicted molar refractivity (Wildman–Crippen MR) is 65.9 cm³/mol. The van der Waals surface area contributed by atoms with Crippen molar-refractivity contribution >= 4 is 44.5 Å². The summed E-state index contributed by atoms with van der Waals surface area (Å²) < 4.78 is 30.5. The fourth-order valence-electron chi connectivity index (χ4n) is 1.19. The smallest absolute Gasteiger partial charge is 0.341 e. The molecule has 0 aliphatic rings. The minimum absolute atomic E-state index is 0.157. The quantitative estimate of drug-likeness (QED) is 0.335. The second-order valence-corrected chi connectivity index (χ2v) is 4.37. The average Bonchev–Trinajstić information content (AvgIpc) is 2.27. The third-order valence-electron chi connectivity index (χ3n) is 1.91. The van der Waals surface area contributed by atoms with Gasteiger partial charge in [-0.25, -0.2) is 18.6 Å². The van der Waals surface area contributed by atoms with Gasteiger partial charge in [0.2, 0.25) is 0 Å². The molecule has 0 unspecified atom stereocenters. The molecule has 7 heteroatoms. The van der Waals surface area contributed by atoms with Crippen molar-refractivity contribution in [3.05, 3.63) is 26.6 Å². The molecule has 1 rings (SSSR count). The van der Waals surface area contributed by atoms with Crippen molar-refractivity contribution in [3.8, 4) is 0 Å². The van der Waals surface area contributed by atoms with Gasteiger partial charge in [0.15, 0.2) is 0 Å². The Hall–Kier alpha value is -0.310. The maximum absolute atomic E-state index is 12.9. The van der Waals surface area contributed by atoms with Gasteiger partial charge in [0.05, 0.1) is 7.11 Å². The summed E-state index contributed by atoms with van der Waals surface area (Å²) in [6.45, 7) is 0. The topological polar surface area (TPSA) is 39.2 Å². The van der Waals surface area contributed by atoms with Gasteiger partial charge in [-0.1, -0.05) is 15.9 Å². The van der Waals surface area contributed by atoms with Crippen LogP contribution in [0.25, 0.3) is 0 Å². The molecule has 0 spiro atoms. The van der Waals surface area contributed by atoms with Crippen molar-refractivity contribution in [3.63, 3.8) is 0 Å². The number of rotatable bonds is 3. The van der Waals surface area contributed by atoms with E-state index in [4.69, 9.17) is 0 Å². The number of ether oxygens (including phenoxy) is 1. The number of methoxy groups -OCH3 is 1. The van der Waals surface area contributed by atoms with Gasteiger partial charge in [-0.15, -0.1) is 0 Å². The van der Waals surface area contributed by atoms with E-state index in [2.05, 4.69) is 25.7 Å². The van der Waals surface area contributed by atoms with Gasteiger partial charge in [0.25, 0.3) is 6.43 Å². The van der Waals surface area contributed by atoms with Crippen molar-refractivity contribution in [1.82, 2.24) is 4.98 Å². The Morgan fingerprint density at radius 1 is 1.69 bits per heavy atom. The molecule has 0 aliphatic heterocycles. The molecule has 16 heavy (non-hydrogen) atoms. The summed E-state index contributed by atoms with van der Waals surface area (Å²) in [4.78, 5) is 15.3. The number of hydrogen-bond donors (Lipinski definition) is 0. The van der Waals surface area contributed by atoms with E-state index in [1.807, 2.05) is 0 Å². The Morgan fingerprint density at radius 3 is 2.75 bits per heavy atom. The Labute approximate surface area is 113 Å². The lowest BCUT2D eigenvalue weighted by molar-refractivity contribution is 0.0586. The monoisotopic (exact) mass is 405 g/mol. The third-order valence-corrected chi connectivity index (χ3v) is 3.33. The fourth-order valence-corrected chi connectivity index (χ4v) is 2.29. The zero-order valence-corrected chi connectivity index (χ0v) is 11.9. The molecule has 0 bridgehead atoms. The Balaban J connectivity index is 3.48. The highest BCUT2D eigenvalue weighted by molar-refractivity contribution is 14.1. The summed E-state index contributed by atoms with van der Waals surface area (Å²) in [5.74, 6) is -0.796. The summed E-state index contributed by atoms with van der Waals surface area (Å²) in [6.07, 6.45) is -1.41. The van der Waals surface area contributed by atoms with Gasteiger partial charge in [0, 0.05) is 17.1 Å². The van der Waals surface area contributed by atoms with Crippen molar-refractivity contribution < 1.29 is 18.3 Å². The van der Waals surface area contributed by atoms with E-state index in [1.165, 1.54) is 6.20 Å². The second-order valence-electron chi connectivity index (χ2n) is 2.79. The maximum Gasteiger partial charge on any atom is 0.341 e. The molecule has 0 saturated carbocycles. The highest BCUT2D eigenvalue weighted by Crippen LogP contribution is 2.30. The predicted octanol–water partition coefficient (Wildman–Crippen LogP) is 3.31. The average molecular weight is 406 g/mol. The molecular weight excluding hydrogens is 399 g/mol. The van der Waals surface area contributed by atoms with Gasteiger partial charge in [-0.3, -0.25) is 0 Å². The van der Waals surface area contributed by atoms with Gasteiger partial charge in [-0.2, -0.15) is 0 Å². The third kappa shape index (κ3) is 2.68. The van der Waals surface area contributed by atoms with E-state index in [0.717, 1.165) is 7.11 Å². The largest absolute Gasteiger partial charge is 0.465 e. The summed E-state index contributed by atoms with van der Waals surface area (Å²) in [5.41, 5.74) is -0.186. The lowest BCUT2D eigenvalue weighted by Crippen LogP contribution is -2.12. The SMILES string of the molecule is COC(=O)c1c(I)ncc(CBr)c1C(F)F. The van der Waals surface area contributed by atoms with Crippen LogP contribution in [-0.4, -0.2) is 18.1 Å². The summed E-state index contributed by atoms with van der Waals surface area (Å²) in [5, 5.41) is 0.209. The normalized spacial score (nSPS) is 10.6. The number of carbonyl (C=O) groups excluding carboxylic acids is 1. The number of halogens is 4. The van der Waals surface area contributed by atoms with Gasteiger partial charge >= 0.3 is 5.97 Å². The van der Waals surface area contributed by atoms with Crippen molar-refractivity contribution in [2.45, 2.75) is 11.8 Å². The van der Waals surface area contributed by atoms with E-state index in [1.54, 1.807) is 22.6 Å². The summed E-state index contributed by atoms with van der Waals surface area (Å²) in [6, 6.07) is 0. The number of pyridine rings is 1. The highest BCUT2D eigenvalue weighted by Gasteiger charge is 2.25. The molecule has 0 radical (unpaired) electrons. The van der Waals surface area contributed by atoms with Crippen LogP contribution in [-0.2, 0) is 10.1 Å². The molecule has 0 amide bonds. The van der Waals surface area contributed by atoms with E-state index < -0.39 is 12.4 Å². The van der Waals surface area contributed by atoms with Crippen LogP contribution in [0.15, 0.2) is 6.20 Å². The standard InChI is InChI=1S/C9H7BrF2INO2/c1-16-9(15)6-5(7(11)12)4(2-10)3-14-8(6)13/h3,7H,2H2,1H3. The van der Waals surface area contributed by atoms with Crippen LogP contribution in [0.3, 0.4) is 0 Å². The highest BCUT2D eigenvalue weighted by atomic mass is 127. The number of nitrogens with zero attached hydrogens (tertiary/aromatic N) is 1. The molecule has 0 saturated heterocycles. The molecule has 0 atom stereocenters. The number of alkyl halides is 3. The van der Waals surface area contributed by atoms with Crippen LogP contribution < -0.4 is 0 Å². The van der Waals surface area contributed by atoms with Gasteiger partial charge in [0.1, 0.15) is 9.26 Å². The van der Waals surface area contributed by atoms with Crippen LogP contribution in [0.1, 0.15) is 27.9 Å². The number of aromatic nitrogens is 1. The first-order chi connectivity index (χ1) is 7.52. The molecule has 0 fully saturated rings. The molecule has 0 aliphatic carbocycles.